The van der Waals surface area contributed by atoms with E-state index >= 15 is 4.39 Å². The molecule has 0 aromatic rings. The molecular weight excluding hydrogens is 403 g/mol. The summed E-state index contributed by atoms with van der Waals surface area (Å²) in [5.41, 5.74) is -5.33. The van der Waals surface area contributed by atoms with Crippen LogP contribution in [-0.2, 0) is 19.1 Å². The molecule has 4 aliphatic carbocycles. The molecule has 0 aromatic heterocycles. The quantitative estimate of drug-likeness (QED) is 0.662. The summed E-state index contributed by atoms with van der Waals surface area (Å²) in [4.78, 5) is 36.2. The smallest absolute Gasteiger partial charge is 0.303 e. The van der Waals surface area contributed by atoms with Crippen molar-refractivity contribution in [2.24, 2.45) is 28.6 Å². The first-order chi connectivity index (χ1) is 14.3. The van der Waals surface area contributed by atoms with Gasteiger partial charge in [-0.15, -0.1) is 0 Å². The second-order valence-electron chi connectivity index (χ2n) is 10.4. The van der Waals surface area contributed by atoms with Gasteiger partial charge in [0.2, 0.25) is 5.78 Å². The Labute approximate surface area is 181 Å². The summed E-state index contributed by atoms with van der Waals surface area (Å²) in [5.74, 6) is -2.80. The van der Waals surface area contributed by atoms with Crippen molar-refractivity contribution >= 4 is 17.5 Å². The van der Waals surface area contributed by atoms with Gasteiger partial charge >= 0.3 is 5.97 Å². The highest BCUT2D eigenvalue weighted by Crippen LogP contribution is 2.70. The molecular formula is C24H31FO6. The number of rotatable bonds is 3. The molecule has 3 fully saturated rings. The van der Waals surface area contributed by atoms with E-state index < -0.39 is 58.4 Å². The van der Waals surface area contributed by atoms with Gasteiger partial charge in [-0.1, -0.05) is 25.5 Å². The van der Waals surface area contributed by atoms with Gasteiger partial charge in [-0.05, 0) is 56.6 Å². The number of hydrogen-bond donors (Lipinski definition) is 2. The molecule has 31 heavy (non-hydrogen) atoms. The Morgan fingerprint density at radius 3 is 2.61 bits per heavy atom. The number of halogens is 1. The molecule has 0 amide bonds. The van der Waals surface area contributed by atoms with E-state index in [1.54, 1.807) is 26.8 Å². The minimum Gasteiger partial charge on any atom is -0.458 e. The third kappa shape index (κ3) is 2.65. The Hall–Kier alpha value is -1.86. The van der Waals surface area contributed by atoms with Crippen molar-refractivity contribution in [3.8, 4) is 0 Å². The van der Waals surface area contributed by atoms with E-state index in [1.807, 2.05) is 0 Å². The van der Waals surface area contributed by atoms with Gasteiger partial charge in [0.15, 0.2) is 18.1 Å². The van der Waals surface area contributed by atoms with Gasteiger partial charge in [0, 0.05) is 23.7 Å². The van der Waals surface area contributed by atoms with Crippen molar-refractivity contribution in [1.82, 2.24) is 0 Å². The van der Waals surface area contributed by atoms with Crippen LogP contribution < -0.4 is 0 Å². The topological polar surface area (TPSA) is 101 Å². The van der Waals surface area contributed by atoms with Crippen LogP contribution in [0.2, 0.25) is 0 Å². The Balaban J connectivity index is 1.76. The number of esters is 1. The minimum atomic E-state index is -2.01. The highest BCUT2D eigenvalue weighted by atomic mass is 19.1. The van der Waals surface area contributed by atoms with E-state index in [0.717, 1.165) is 0 Å². The summed E-state index contributed by atoms with van der Waals surface area (Å²) < 4.78 is 21.9. The minimum absolute atomic E-state index is 0.0953. The first kappa shape index (κ1) is 22.3. The summed E-state index contributed by atoms with van der Waals surface area (Å²) >= 11 is 0. The molecule has 4 aliphatic rings. The second kappa shape index (κ2) is 6.82. The van der Waals surface area contributed by atoms with Gasteiger partial charge < -0.3 is 14.9 Å². The lowest BCUT2D eigenvalue weighted by atomic mass is 9.44. The number of aliphatic hydroxyl groups excluding tert-OH is 1. The van der Waals surface area contributed by atoms with Crippen LogP contribution in [0.1, 0.15) is 53.4 Å². The molecule has 0 saturated heterocycles. The first-order valence-electron chi connectivity index (χ1n) is 11.0. The number of carbonyl (C=O) groups excluding carboxylic acids is 3. The van der Waals surface area contributed by atoms with E-state index in [2.05, 4.69) is 0 Å². The van der Waals surface area contributed by atoms with Crippen molar-refractivity contribution in [3.63, 3.8) is 0 Å². The largest absolute Gasteiger partial charge is 0.458 e. The molecule has 0 aromatic carbocycles. The summed E-state index contributed by atoms with van der Waals surface area (Å²) in [6, 6.07) is 0. The number of alkyl halides is 1. The average molecular weight is 435 g/mol. The summed E-state index contributed by atoms with van der Waals surface area (Å²) in [6.45, 7) is 5.89. The number of fused-ring (bicyclic) bond motifs is 5. The molecule has 170 valence electrons. The van der Waals surface area contributed by atoms with E-state index in [4.69, 9.17) is 4.74 Å². The van der Waals surface area contributed by atoms with Gasteiger partial charge in [0.05, 0.1) is 6.10 Å². The van der Waals surface area contributed by atoms with E-state index in [0.29, 0.717) is 24.8 Å². The van der Waals surface area contributed by atoms with Crippen LogP contribution in [0, 0.1) is 28.6 Å². The van der Waals surface area contributed by atoms with Gasteiger partial charge in [0.1, 0.15) is 5.60 Å². The average Bonchev–Trinajstić information content (AvgIpc) is 2.89. The van der Waals surface area contributed by atoms with Gasteiger partial charge in [-0.2, -0.15) is 0 Å². The van der Waals surface area contributed by atoms with Crippen LogP contribution in [0.4, 0.5) is 4.39 Å². The van der Waals surface area contributed by atoms with Gasteiger partial charge in [-0.25, -0.2) is 4.39 Å². The lowest BCUT2D eigenvalue weighted by Gasteiger charge is -2.62. The maximum atomic E-state index is 17.0. The number of aliphatic hydroxyl groups is 2. The molecule has 0 spiro atoms. The van der Waals surface area contributed by atoms with Gasteiger partial charge in [-0.3, -0.25) is 14.4 Å². The number of ether oxygens (including phenoxy) is 1. The van der Waals surface area contributed by atoms with Crippen molar-refractivity contribution < 1.29 is 33.7 Å². The van der Waals surface area contributed by atoms with E-state index in [-0.39, 0.29) is 18.1 Å². The van der Waals surface area contributed by atoms with E-state index in [1.165, 1.54) is 19.1 Å². The fourth-order valence-electron chi connectivity index (χ4n) is 7.42. The number of Topliss-reactive ketones (excluding diaryl/α,β-unsaturated/α-hetero) is 1. The van der Waals surface area contributed by atoms with Crippen molar-refractivity contribution in [2.75, 3.05) is 6.61 Å². The standard InChI is InChI=1S/C24H31FO6/c1-13-9-18-17-6-5-15-10-16(27)7-8-21(15,3)23(17,25)19(28)11-22(18,4)24(13,30)20(29)12-31-14(2)26/h7-8,10,13,17-19,28,30H,5-6,9,11-12H2,1-4H3/t13?,17-,18-,19?,21-,22-,23-,24-/m0/s1. The Bertz CT molecular complexity index is 910. The predicted molar refractivity (Wildman–Crippen MR) is 109 cm³/mol. The van der Waals surface area contributed by atoms with Crippen molar-refractivity contribution in [2.45, 2.75) is 70.8 Å². The zero-order valence-electron chi connectivity index (χ0n) is 18.5. The number of ketones is 2. The molecule has 2 unspecified atom stereocenters. The van der Waals surface area contributed by atoms with Crippen LogP contribution in [0.3, 0.4) is 0 Å². The molecule has 4 rings (SSSR count). The Morgan fingerprint density at radius 2 is 1.97 bits per heavy atom. The normalized spacial score (nSPS) is 48.4. The SMILES string of the molecule is CC(=O)OCC(=O)[C@@]1(O)C(C)C[C@H]2[C@@H]3CCC4=CC(=O)C=C[C@]4(C)[C@@]3(F)C(O)C[C@@]21C. The van der Waals surface area contributed by atoms with Crippen LogP contribution in [-0.4, -0.2) is 51.7 Å². The molecule has 0 heterocycles. The third-order valence-corrected chi connectivity index (χ3v) is 9.05. The van der Waals surface area contributed by atoms with Gasteiger partial charge in [0.25, 0.3) is 0 Å². The zero-order chi connectivity index (χ0) is 23.0. The first-order valence-corrected chi connectivity index (χ1v) is 11.0. The maximum Gasteiger partial charge on any atom is 0.303 e. The third-order valence-electron chi connectivity index (χ3n) is 9.05. The second-order valence-corrected chi connectivity index (χ2v) is 10.4. The molecule has 0 radical (unpaired) electrons. The lowest BCUT2D eigenvalue weighted by molar-refractivity contribution is -0.219. The number of carbonyl (C=O) groups is 3. The summed E-state index contributed by atoms with van der Waals surface area (Å²) in [6.07, 6.45) is 4.29. The highest BCUT2D eigenvalue weighted by molar-refractivity contribution is 6.01. The van der Waals surface area contributed by atoms with Crippen molar-refractivity contribution in [1.29, 1.82) is 0 Å². The fourth-order valence-corrected chi connectivity index (χ4v) is 7.42. The molecule has 7 heteroatoms. The maximum absolute atomic E-state index is 17.0. The molecule has 2 N–H and O–H groups in total. The van der Waals surface area contributed by atoms with Crippen LogP contribution in [0.5, 0.6) is 0 Å². The molecule has 8 atom stereocenters. The summed E-state index contributed by atoms with van der Waals surface area (Å²) in [5, 5.41) is 22.9. The molecule has 0 aliphatic heterocycles. The lowest BCUT2D eigenvalue weighted by Crippen LogP contribution is -2.69. The molecule has 6 nitrogen and oxygen atoms in total. The molecule has 3 saturated carbocycles. The van der Waals surface area contributed by atoms with Crippen LogP contribution >= 0.6 is 0 Å². The number of hydrogen-bond acceptors (Lipinski definition) is 6. The van der Waals surface area contributed by atoms with Crippen molar-refractivity contribution in [3.05, 3.63) is 23.8 Å². The van der Waals surface area contributed by atoms with Crippen LogP contribution in [0.15, 0.2) is 23.8 Å². The fraction of sp³-hybridized carbons (Fsp3) is 0.708. The molecule has 0 bridgehead atoms. The highest BCUT2D eigenvalue weighted by Gasteiger charge is 2.75. The number of allylic oxidation sites excluding steroid dienone is 4. The Kier molecular flexibility index (Phi) is 4.91. The predicted octanol–water partition coefficient (Wildman–Crippen LogP) is 2.47. The zero-order valence-corrected chi connectivity index (χ0v) is 18.5. The Morgan fingerprint density at radius 1 is 1.29 bits per heavy atom. The van der Waals surface area contributed by atoms with E-state index in [9.17, 15) is 24.6 Å². The monoisotopic (exact) mass is 434 g/mol. The summed E-state index contributed by atoms with van der Waals surface area (Å²) in [7, 11) is 0. The van der Waals surface area contributed by atoms with Crippen LogP contribution in [0.25, 0.3) is 0 Å².